The second-order valence-electron chi connectivity index (χ2n) is 4.26. The number of benzene rings is 1. The third kappa shape index (κ3) is 3.34. The van der Waals surface area contributed by atoms with Crippen LogP contribution in [-0.4, -0.2) is 23.2 Å². The summed E-state index contributed by atoms with van der Waals surface area (Å²) in [4.78, 5) is 16.3. The fraction of sp³-hybridized carbons (Fsp3) is 0.286. The fourth-order valence-corrected chi connectivity index (χ4v) is 2.65. The highest BCUT2D eigenvalue weighted by Gasteiger charge is 2.15. The van der Waals surface area contributed by atoms with Crippen molar-refractivity contribution in [1.82, 2.24) is 4.98 Å². The van der Waals surface area contributed by atoms with Gasteiger partial charge in [-0.2, -0.15) is 0 Å². The molecule has 2 rings (SSSR count). The molecule has 0 radical (unpaired) electrons. The van der Waals surface area contributed by atoms with E-state index in [1.165, 1.54) is 18.4 Å². The summed E-state index contributed by atoms with van der Waals surface area (Å²) >= 11 is 1.28. The molecule has 0 amide bonds. The van der Waals surface area contributed by atoms with Gasteiger partial charge in [-0.15, -0.1) is 0 Å². The maximum absolute atomic E-state index is 11.5. The number of methoxy groups -OCH3 is 1. The van der Waals surface area contributed by atoms with E-state index < -0.39 is 0 Å². The van der Waals surface area contributed by atoms with E-state index in [0.717, 1.165) is 11.1 Å². The van der Waals surface area contributed by atoms with Crippen molar-refractivity contribution in [3.63, 3.8) is 0 Å². The Morgan fingerprint density at radius 3 is 2.90 bits per heavy atom. The molecule has 5 nitrogen and oxygen atoms in total. The number of aliphatic hydroxyl groups excluding tert-OH is 1. The van der Waals surface area contributed by atoms with Gasteiger partial charge >= 0.3 is 5.97 Å². The lowest BCUT2D eigenvalue weighted by Crippen LogP contribution is -1.99. The summed E-state index contributed by atoms with van der Waals surface area (Å²) in [5, 5.41) is 12.9. The quantitative estimate of drug-likeness (QED) is 0.828. The first-order valence-corrected chi connectivity index (χ1v) is 6.94. The average Bonchev–Trinajstić information content (AvgIpc) is 2.85. The van der Waals surface area contributed by atoms with Crippen molar-refractivity contribution in [1.29, 1.82) is 0 Å². The largest absolute Gasteiger partial charge is 0.465 e. The molecule has 0 aliphatic carbocycles. The molecule has 106 valence electrons. The van der Waals surface area contributed by atoms with Crippen molar-refractivity contribution in [3.05, 3.63) is 46.0 Å². The predicted molar refractivity (Wildman–Crippen MR) is 77.9 cm³/mol. The number of aliphatic hydroxyl groups is 1. The van der Waals surface area contributed by atoms with Crippen LogP contribution in [0.25, 0.3) is 0 Å². The number of anilines is 1. The van der Waals surface area contributed by atoms with Crippen molar-refractivity contribution >= 4 is 22.4 Å². The number of hydrogen-bond donors (Lipinski definition) is 2. The summed E-state index contributed by atoms with van der Waals surface area (Å²) in [5.74, 6) is -0.365. The Balaban J connectivity index is 2.05. The maximum Gasteiger partial charge on any atom is 0.350 e. The summed E-state index contributed by atoms with van der Waals surface area (Å²) in [6.45, 7) is 2.39. The lowest BCUT2D eigenvalue weighted by molar-refractivity contribution is 0.0605. The summed E-state index contributed by atoms with van der Waals surface area (Å²) in [7, 11) is 1.36. The average molecular weight is 292 g/mol. The molecule has 1 aromatic carbocycles. The van der Waals surface area contributed by atoms with Crippen LogP contribution >= 0.6 is 11.3 Å². The molecule has 2 N–H and O–H groups in total. The number of esters is 1. The van der Waals surface area contributed by atoms with Gasteiger partial charge in [-0.25, -0.2) is 9.78 Å². The first-order chi connectivity index (χ1) is 9.63. The van der Waals surface area contributed by atoms with Crippen LogP contribution in [0.2, 0.25) is 0 Å². The van der Waals surface area contributed by atoms with Gasteiger partial charge in [-0.3, -0.25) is 0 Å². The van der Waals surface area contributed by atoms with Gasteiger partial charge in [-0.05, 0) is 18.1 Å². The number of ether oxygens (including phenoxy) is 1. The van der Waals surface area contributed by atoms with Crippen molar-refractivity contribution in [2.75, 3.05) is 12.4 Å². The summed E-state index contributed by atoms with van der Waals surface area (Å²) in [6.07, 6.45) is 0. The molecule has 0 atom stereocenters. The molecule has 0 bridgehead atoms. The van der Waals surface area contributed by atoms with Crippen molar-refractivity contribution in [2.24, 2.45) is 0 Å². The Hall–Kier alpha value is -1.92. The summed E-state index contributed by atoms with van der Waals surface area (Å²) < 4.78 is 4.70. The van der Waals surface area contributed by atoms with Crippen LogP contribution in [0.15, 0.2) is 24.3 Å². The van der Waals surface area contributed by atoms with E-state index in [1.54, 1.807) is 6.92 Å². The summed E-state index contributed by atoms with van der Waals surface area (Å²) in [5.41, 5.74) is 2.58. The topological polar surface area (TPSA) is 71.5 Å². The van der Waals surface area contributed by atoms with Crippen LogP contribution in [0.4, 0.5) is 5.13 Å². The molecule has 0 fully saturated rings. The minimum atomic E-state index is -0.365. The molecule has 2 aromatic rings. The molecule has 6 heteroatoms. The number of thiazole rings is 1. The van der Waals surface area contributed by atoms with Crippen LogP contribution in [0.1, 0.15) is 26.5 Å². The molecule has 0 saturated carbocycles. The van der Waals surface area contributed by atoms with Crippen LogP contribution < -0.4 is 5.32 Å². The van der Waals surface area contributed by atoms with Gasteiger partial charge in [0.2, 0.25) is 0 Å². The lowest BCUT2D eigenvalue weighted by Gasteiger charge is -2.04. The van der Waals surface area contributed by atoms with Crippen LogP contribution in [0.5, 0.6) is 0 Å². The highest BCUT2D eigenvalue weighted by molar-refractivity contribution is 7.17. The standard InChI is InChI=1S/C14H16N2O3S/c1-9-12(13(18)19-2)20-14(16-9)15-7-10-4-3-5-11(6-10)8-17/h3-6,17H,7-8H2,1-2H3,(H,15,16). The molecule has 1 heterocycles. The highest BCUT2D eigenvalue weighted by atomic mass is 32.1. The van der Waals surface area contributed by atoms with E-state index in [0.29, 0.717) is 22.2 Å². The number of rotatable bonds is 5. The van der Waals surface area contributed by atoms with Gasteiger partial charge in [-0.1, -0.05) is 35.6 Å². The number of hydrogen-bond acceptors (Lipinski definition) is 6. The lowest BCUT2D eigenvalue weighted by atomic mass is 10.1. The number of nitrogens with zero attached hydrogens (tertiary/aromatic N) is 1. The van der Waals surface area contributed by atoms with E-state index in [1.807, 2.05) is 24.3 Å². The SMILES string of the molecule is COC(=O)c1sc(NCc2cccc(CO)c2)nc1C. The first kappa shape index (κ1) is 14.5. The van der Waals surface area contributed by atoms with Gasteiger partial charge < -0.3 is 15.2 Å². The third-order valence-corrected chi connectivity index (χ3v) is 3.88. The predicted octanol–water partition coefficient (Wildman–Crippen LogP) is 2.34. The maximum atomic E-state index is 11.5. The molecular weight excluding hydrogens is 276 g/mol. The number of carbonyl (C=O) groups excluding carboxylic acids is 1. The van der Waals surface area contributed by atoms with Gasteiger partial charge in [0.15, 0.2) is 5.13 Å². The minimum Gasteiger partial charge on any atom is -0.465 e. The highest BCUT2D eigenvalue weighted by Crippen LogP contribution is 2.23. The smallest absolute Gasteiger partial charge is 0.350 e. The molecule has 20 heavy (non-hydrogen) atoms. The molecule has 0 aliphatic heterocycles. The molecule has 1 aromatic heterocycles. The number of carbonyl (C=O) groups is 1. The van der Waals surface area contributed by atoms with E-state index >= 15 is 0 Å². The van der Waals surface area contributed by atoms with Crippen molar-refractivity contribution in [3.8, 4) is 0 Å². The van der Waals surface area contributed by atoms with Crippen molar-refractivity contribution < 1.29 is 14.6 Å². The number of aryl methyl sites for hydroxylation is 1. The second kappa shape index (κ2) is 6.49. The Kier molecular flexibility index (Phi) is 4.70. The first-order valence-electron chi connectivity index (χ1n) is 6.12. The van der Waals surface area contributed by atoms with Crippen molar-refractivity contribution in [2.45, 2.75) is 20.1 Å². The number of aromatic nitrogens is 1. The Morgan fingerprint density at radius 1 is 1.45 bits per heavy atom. The van der Waals surface area contributed by atoms with E-state index in [2.05, 4.69) is 10.3 Å². The molecule has 0 unspecified atom stereocenters. The Labute approximate surface area is 121 Å². The second-order valence-corrected chi connectivity index (χ2v) is 5.26. The van der Waals surface area contributed by atoms with Gasteiger partial charge in [0.1, 0.15) is 4.88 Å². The minimum absolute atomic E-state index is 0.0245. The van der Waals surface area contributed by atoms with Crippen LogP contribution in [0, 0.1) is 6.92 Å². The molecule has 0 saturated heterocycles. The molecule has 0 spiro atoms. The monoisotopic (exact) mass is 292 g/mol. The van der Waals surface area contributed by atoms with Gasteiger partial charge in [0.25, 0.3) is 0 Å². The third-order valence-electron chi connectivity index (χ3n) is 2.79. The van der Waals surface area contributed by atoms with Crippen LogP contribution in [-0.2, 0) is 17.9 Å². The zero-order valence-electron chi connectivity index (χ0n) is 11.3. The normalized spacial score (nSPS) is 10.3. The van der Waals surface area contributed by atoms with Gasteiger partial charge in [0, 0.05) is 6.54 Å². The zero-order valence-corrected chi connectivity index (χ0v) is 12.2. The Bertz CT molecular complexity index is 610. The zero-order chi connectivity index (χ0) is 14.5. The van der Waals surface area contributed by atoms with Gasteiger partial charge in [0.05, 0.1) is 19.4 Å². The fourth-order valence-electron chi connectivity index (χ4n) is 1.77. The molecular formula is C14H16N2O3S. The molecule has 0 aliphatic rings. The van der Waals surface area contributed by atoms with Crippen LogP contribution in [0.3, 0.4) is 0 Å². The Morgan fingerprint density at radius 2 is 2.20 bits per heavy atom. The van der Waals surface area contributed by atoms with E-state index in [9.17, 15) is 4.79 Å². The number of nitrogens with one attached hydrogen (secondary N) is 1. The van der Waals surface area contributed by atoms with E-state index in [-0.39, 0.29) is 12.6 Å². The summed E-state index contributed by atoms with van der Waals surface area (Å²) in [6, 6.07) is 7.66. The van der Waals surface area contributed by atoms with E-state index in [4.69, 9.17) is 9.84 Å².